The number of nitrogens with one attached hydrogen (secondary N) is 1. The number of imide groups is 2. The number of carbonyl (C=O) groups excluding carboxylic acids is 3. The van der Waals surface area contributed by atoms with Crippen LogP contribution in [0, 0.1) is 20.2 Å². The summed E-state index contributed by atoms with van der Waals surface area (Å²) in [4.78, 5) is 59.8. The third-order valence-electron chi connectivity index (χ3n) is 5.41. The molecule has 1 aliphatic rings. The average Bonchev–Trinajstić information content (AvgIpc) is 2.90. The number of ether oxygens (including phenoxy) is 2. The first-order chi connectivity index (χ1) is 19.0. The number of nitro benzene ring substituents is 2. The highest BCUT2D eigenvalue weighted by Gasteiger charge is 2.37. The van der Waals surface area contributed by atoms with Gasteiger partial charge < -0.3 is 9.47 Å². The molecule has 4 rings (SSSR count). The van der Waals surface area contributed by atoms with Gasteiger partial charge in [-0.05, 0) is 55.0 Å². The van der Waals surface area contributed by atoms with Gasteiger partial charge in [-0.1, -0.05) is 29.3 Å². The lowest BCUT2D eigenvalue weighted by Gasteiger charge is -2.26. The summed E-state index contributed by atoms with van der Waals surface area (Å²) in [5.74, 6) is -2.03. The molecular weight excluding hydrogens is 571 g/mol. The second-order valence-electron chi connectivity index (χ2n) is 7.96. The van der Waals surface area contributed by atoms with E-state index in [0.717, 1.165) is 23.1 Å². The third kappa shape index (κ3) is 5.70. The molecule has 0 bridgehead atoms. The van der Waals surface area contributed by atoms with E-state index in [2.05, 4.69) is 5.32 Å². The van der Waals surface area contributed by atoms with Crippen molar-refractivity contribution in [1.29, 1.82) is 0 Å². The lowest BCUT2D eigenvalue weighted by Crippen LogP contribution is -2.54. The van der Waals surface area contributed by atoms with Crippen molar-refractivity contribution < 1.29 is 33.7 Å². The Bertz CT molecular complexity index is 1620. The van der Waals surface area contributed by atoms with E-state index >= 15 is 0 Å². The Balaban J connectivity index is 1.70. The highest BCUT2D eigenvalue weighted by Crippen LogP contribution is 2.39. The molecule has 0 atom stereocenters. The molecule has 15 heteroatoms. The van der Waals surface area contributed by atoms with Crippen molar-refractivity contribution in [3.63, 3.8) is 0 Å². The molecule has 1 aliphatic heterocycles. The quantitative estimate of drug-likeness (QED) is 0.151. The number of amides is 4. The van der Waals surface area contributed by atoms with E-state index in [1.165, 1.54) is 42.5 Å². The fraction of sp³-hybridized carbons (Fsp3) is 0.0800. The van der Waals surface area contributed by atoms with Crippen LogP contribution in [0.15, 0.2) is 60.2 Å². The van der Waals surface area contributed by atoms with E-state index in [1.807, 2.05) is 0 Å². The van der Waals surface area contributed by atoms with Crippen molar-refractivity contribution in [3.05, 3.63) is 96.0 Å². The fourth-order valence-electron chi connectivity index (χ4n) is 3.62. The minimum absolute atomic E-state index is 0.0213. The van der Waals surface area contributed by atoms with E-state index in [9.17, 15) is 34.6 Å². The number of rotatable bonds is 8. The number of nitrogens with zero attached hydrogens (tertiary/aromatic N) is 3. The Morgan fingerprint density at radius 3 is 2.27 bits per heavy atom. The number of hydrogen-bond acceptors (Lipinski definition) is 9. The molecular formula is C25H16Cl2N4O9. The van der Waals surface area contributed by atoms with Crippen LogP contribution in [0.1, 0.15) is 12.5 Å². The first kappa shape index (κ1) is 28.0. The predicted molar refractivity (Wildman–Crippen MR) is 143 cm³/mol. The summed E-state index contributed by atoms with van der Waals surface area (Å²) in [6, 6.07) is 10.2. The summed E-state index contributed by atoms with van der Waals surface area (Å²) in [5.41, 5.74) is -1.14. The van der Waals surface area contributed by atoms with Gasteiger partial charge >= 0.3 is 11.7 Å². The van der Waals surface area contributed by atoms with Crippen molar-refractivity contribution in [2.75, 3.05) is 11.5 Å². The van der Waals surface area contributed by atoms with E-state index in [1.54, 1.807) is 6.92 Å². The molecule has 204 valence electrons. The second-order valence-corrected chi connectivity index (χ2v) is 8.78. The van der Waals surface area contributed by atoms with E-state index in [-0.39, 0.29) is 50.7 Å². The fourth-order valence-corrected chi connectivity index (χ4v) is 3.91. The summed E-state index contributed by atoms with van der Waals surface area (Å²) < 4.78 is 11.2. The van der Waals surface area contributed by atoms with Crippen LogP contribution in [0.4, 0.5) is 21.9 Å². The SMILES string of the molecule is CCOc1cc(/C=C2\C(=O)NC(=O)N(c3ccc(Cl)c(Cl)c3)C2=O)ccc1Oc1ccc([N+](=O)[O-])cc1[N+](=O)[O-]. The van der Waals surface area contributed by atoms with Gasteiger partial charge in [-0.2, -0.15) is 0 Å². The van der Waals surface area contributed by atoms with Gasteiger partial charge in [0.05, 0.1) is 38.3 Å². The molecule has 3 aromatic carbocycles. The Kier molecular flexibility index (Phi) is 7.98. The number of carbonyl (C=O) groups is 3. The molecule has 13 nitrogen and oxygen atoms in total. The summed E-state index contributed by atoms with van der Waals surface area (Å²) >= 11 is 11.9. The summed E-state index contributed by atoms with van der Waals surface area (Å²) in [7, 11) is 0. The maximum atomic E-state index is 13.2. The maximum Gasteiger partial charge on any atom is 0.335 e. The van der Waals surface area contributed by atoms with Crippen LogP contribution in [0.2, 0.25) is 10.0 Å². The van der Waals surface area contributed by atoms with Crippen LogP contribution in [0.5, 0.6) is 17.2 Å². The molecule has 0 unspecified atom stereocenters. The number of nitro groups is 2. The highest BCUT2D eigenvalue weighted by atomic mass is 35.5. The Hall–Kier alpha value is -5.01. The van der Waals surface area contributed by atoms with Gasteiger partial charge in [0.15, 0.2) is 11.5 Å². The first-order valence-electron chi connectivity index (χ1n) is 11.2. The van der Waals surface area contributed by atoms with Crippen LogP contribution >= 0.6 is 23.2 Å². The zero-order valence-electron chi connectivity index (χ0n) is 20.3. The zero-order chi connectivity index (χ0) is 29.1. The van der Waals surface area contributed by atoms with Gasteiger partial charge in [0.2, 0.25) is 5.75 Å². The molecule has 0 spiro atoms. The van der Waals surface area contributed by atoms with Gasteiger partial charge in [0.1, 0.15) is 5.57 Å². The van der Waals surface area contributed by atoms with Crippen LogP contribution in [-0.4, -0.2) is 34.3 Å². The number of urea groups is 1. The molecule has 3 aromatic rings. The lowest BCUT2D eigenvalue weighted by molar-refractivity contribution is -0.394. The molecule has 0 saturated carbocycles. The predicted octanol–water partition coefficient (Wildman–Crippen LogP) is 5.67. The van der Waals surface area contributed by atoms with Gasteiger partial charge in [-0.25, -0.2) is 9.69 Å². The number of hydrogen-bond donors (Lipinski definition) is 1. The van der Waals surface area contributed by atoms with Crippen molar-refractivity contribution in [1.82, 2.24) is 5.32 Å². The molecule has 1 fully saturated rings. The van der Waals surface area contributed by atoms with Gasteiger partial charge in [0.25, 0.3) is 17.5 Å². The molecule has 0 radical (unpaired) electrons. The maximum absolute atomic E-state index is 13.2. The topological polar surface area (TPSA) is 171 Å². The molecule has 0 aliphatic carbocycles. The van der Waals surface area contributed by atoms with Gasteiger partial charge in [-0.15, -0.1) is 0 Å². The standard InChI is InChI=1S/C25H16Cl2N4O9/c1-2-39-22-10-13(3-7-21(22)40-20-8-5-15(30(35)36)12-19(20)31(37)38)9-16-23(32)28-25(34)29(24(16)33)14-4-6-17(26)18(27)11-14/h3-12H,2H2,1H3,(H,28,32,34)/b16-9+. The molecule has 1 saturated heterocycles. The number of non-ortho nitro benzene ring substituents is 1. The molecule has 1 heterocycles. The average molecular weight is 587 g/mol. The molecule has 40 heavy (non-hydrogen) atoms. The summed E-state index contributed by atoms with van der Waals surface area (Å²) in [5, 5.41) is 24.9. The summed E-state index contributed by atoms with van der Waals surface area (Å²) in [6.45, 7) is 1.82. The normalized spacial score (nSPS) is 14.2. The number of benzene rings is 3. The van der Waals surface area contributed by atoms with Gasteiger partial charge in [-0.3, -0.25) is 35.1 Å². The molecule has 1 N–H and O–H groups in total. The van der Waals surface area contributed by atoms with Crippen molar-refractivity contribution in [2.24, 2.45) is 0 Å². The van der Waals surface area contributed by atoms with Crippen molar-refractivity contribution in [3.8, 4) is 17.2 Å². The molecule has 4 amide bonds. The Morgan fingerprint density at radius 1 is 0.900 bits per heavy atom. The van der Waals surface area contributed by atoms with E-state index < -0.39 is 39.1 Å². The zero-order valence-corrected chi connectivity index (χ0v) is 21.8. The number of barbiturate groups is 1. The smallest absolute Gasteiger partial charge is 0.335 e. The van der Waals surface area contributed by atoms with Crippen LogP contribution in [0.25, 0.3) is 6.08 Å². The first-order valence-corrected chi connectivity index (χ1v) is 12.0. The monoisotopic (exact) mass is 586 g/mol. The Morgan fingerprint density at radius 2 is 1.62 bits per heavy atom. The van der Waals surface area contributed by atoms with Crippen LogP contribution < -0.4 is 19.7 Å². The van der Waals surface area contributed by atoms with E-state index in [4.69, 9.17) is 32.7 Å². The molecule has 0 aromatic heterocycles. The van der Waals surface area contributed by atoms with Gasteiger partial charge in [0, 0.05) is 6.07 Å². The highest BCUT2D eigenvalue weighted by molar-refractivity contribution is 6.43. The van der Waals surface area contributed by atoms with Crippen molar-refractivity contribution >= 4 is 64.2 Å². The largest absolute Gasteiger partial charge is 0.490 e. The van der Waals surface area contributed by atoms with Crippen LogP contribution in [-0.2, 0) is 9.59 Å². The summed E-state index contributed by atoms with van der Waals surface area (Å²) in [6.07, 6.45) is 1.22. The Labute approximate surface area is 234 Å². The van der Waals surface area contributed by atoms with E-state index in [0.29, 0.717) is 0 Å². The second kappa shape index (κ2) is 11.4. The third-order valence-corrected chi connectivity index (χ3v) is 6.15. The van der Waals surface area contributed by atoms with Crippen LogP contribution in [0.3, 0.4) is 0 Å². The minimum atomic E-state index is -0.978. The lowest BCUT2D eigenvalue weighted by atomic mass is 10.1. The van der Waals surface area contributed by atoms with Crippen molar-refractivity contribution in [2.45, 2.75) is 6.92 Å². The number of anilines is 1. The minimum Gasteiger partial charge on any atom is -0.490 e. The number of halogens is 2.